The highest BCUT2D eigenvalue weighted by Crippen LogP contribution is 2.28. The van der Waals surface area contributed by atoms with Gasteiger partial charge >= 0.3 is 0 Å². The summed E-state index contributed by atoms with van der Waals surface area (Å²) in [6, 6.07) is 11.2. The first kappa shape index (κ1) is 20.2. The van der Waals surface area contributed by atoms with Gasteiger partial charge in [0.2, 0.25) is 0 Å². The van der Waals surface area contributed by atoms with Gasteiger partial charge in [-0.05, 0) is 73.2 Å². The van der Waals surface area contributed by atoms with Crippen molar-refractivity contribution in [1.82, 2.24) is 4.90 Å². The quantitative estimate of drug-likeness (QED) is 0.743. The fourth-order valence-corrected chi connectivity index (χ4v) is 5.46. The average Bonchev–Trinajstić information content (AvgIpc) is 2.71. The van der Waals surface area contributed by atoms with Crippen molar-refractivity contribution in [3.05, 3.63) is 58.6 Å². The third-order valence-electron chi connectivity index (χ3n) is 5.85. The molecule has 2 aromatic carbocycles. The zero-order chi connectivity index (χ0) is 20.4. The van der Waals surface area contributed by atoms with E-state index >= 15 is 0 Å². The van der Waals surface area contributed by atoms with Gasteiger partial charge in [0.05, 0.1) is 4.90 Å². The van der Waals surface area contributed by atoms with E-state index in [0.29, 0.717) is 28.7 Å². The predicted molar refractivity (Wildman–Crippen MR) is 115 cm³/mol. The maximum absolute atomic E-state index is 12.9. The van der Waals surface area contributed by atoms with E-state index in [4.69, 9.17) is 11.6 Å². The van der Waals surface area contributed by atoms with Crippen LogP contribution in [-0.4, -0.2) is 32.3 Å². The summed E-state index contributed by atoms with van der Waals surface area (Å²) in [4.78, 5) is 15.0. The number of anilines is 1. The Hall–Kier alpha value is -2.05. The smallest absolute Gasteiger partial charge is 0.261 e. The van der Waals surface area contributed by atoms with E-state index in [-0.39, 0.29) is 10.8 Å². The van der Waals surface area contributed by atoms with Gasteiger partial charge in [-0.1, -0.05) is 30.9 Å². The summed E-state index contributed by atoms with van der Waals surface area (Å²) in [6.07, 6.45) is 7.00. The van der Waals surface area contributed by atoms with Crippen LogP contribution >= 0.6 is 11.6 Å². The largest absolute Gasteiger partial charge is 0.338 e. The third-order valence-corrected chi connectivity index (χ3v) is 7.50. The molecule has 1 aliphatic heterocycles. The van der Waals surface area contributed by atoms with Gasteiger partial charge in [0.15, 0.2) is 0 Å². The van der Waals surface area contributed by atoms with Crippen LogP contribution in [0, 0.1) is 5.92 Å². The molecular formula is C22H25ClN2O3S. The van der Waals surface area contributed by atoms with E-state index in [9.17, 15) is 13.2 Å². The Morgan fingerprint density at radius 2 is 1.76 bits per heavy atom. The van der Waals surface area contributed by atoms with Crippen LogP contribution in [0.5, 0.6) is 0 Å². The van der Waals surface area contributed by atoms with Gasteiger partial charge in [0.25, 0.3) is 15.9 Å². The summed E-state index contributed by atoms with van der Waals surface area (Å²) in [5.41, 5.74) is 2.04. The first-order chi connectivity index (χ1) is 13.9. The summed E-state index contributed by atoms with van der Waals surface area (Å²) in [5, 5.41) is 0.481. The Balaban J connectivity index is 1.48. The lowest BCUT2D eigenvalue weighted by Gasteiger charge is -2.33. The molecule has 1 fully saturated rings. The van der Waals surface area contributed by atoms with Crippen LogP contribution in [0.4, 0.5) is 5.69 Å². The molecule has 1 heterocycles. The van der Waals surface area contributed by atoms with Gasteiger partial charge in [0.1, 0.15) is 0 Å². The molecule has 154 valence electrons. The van der Waals surface area contributed by atoms with Crippen LogP contribution in [0.3, 0.4) is 0 Å². The number of halogens is 1. The number of nitrogens with one attached hydrogen (secondary N) is 1. The summed E-state index contributed by atoms with van der Waals surface area (Å²) in [5.74, 6) is 0.670. The molecular weight excluding hydrogens is 408 g/mol. The molecule has 1 aliphatic carbocycles. The van der Waals surface area contributed by atoms with E-state index in [1.807, 2.05) is 4.90 Å². The maximum Gasteiger partial charge on any atom is 0.261 e. The summed E-state index contributed by atoms with van der Waals surface area (Å²) in [6.45, 7) is 1.53. The second kappa shape index (κ2) is 8.36. The van der Waals surface area contributed by atoms with Crippen molar-refractivity contribution in [3.63, 3.8) is 0 Å². The number of rotatable bonds is 5. The highest BCUT2D eigenvalue weighted by Gasteiger charge is 2.27. The maximum atomic E-state index is 12.9. The van der Waals surface area contributed by atoms with Crippen LogP contribution in [0.2, 0.25) is 5.02 Å². The molecule has 1 saturated carbocycles. The van der Waals surface area contributed by atoms with Crippen molar-refractivity contribution in [1.29, 1.82) is 0 Å². The molecule has 0 saturated heterocycles. The van der Waals surface area contributed by atoms with E-state index in [0.717, 1.165) is 18.5 Å². The van der Waals surface area contributed by atoms with Crippen LogP contribution in [-0.2, 0) is 16.4 Å². The minimum Gasteiger partial charge on any atom is -0.338 e. The van der Waals surface area contributed by atoms with Gasteiger partial charge in [-0.2, -0.15) is 0 Å². The minimum absolute atomic E-state index is 0.0592. The number of nitrogens with zero attached hydrogens (tertiary/aromatic N) is 1. The van der Waals surface area contributed by atoms with Crippen molar-refractivity contribution in [2.24, 2.45) is 5.92 Å². The normalized spacial score (nSPS) is 17.8. The monoisotopic (exact) mass is 432 g/mol. The lowest BCUT2D eigenvalue weighted by atomic mass is 9.88. The Bertz CT molecular complexity index is 999. The standard InChI is InChI=1S/C22H25ClN2O3S/c23-18-6-9-20(10-7-18)29(27,28)24-19-8-11-21-17(14-19)12-13-25(22(21)26)15-16-4-2-1-3-5-16/h6-11,14,16,24H,1-5,12-13,15H2. The summed E-state index contributed by atoms with van der Waals surface area (Å²) in [7, 11) is -3.70. The number of carbonyl (C=O) groups excluding carboxylic acids is 1. The van der Waals surface area contributed by atoms with Gasteiger partial charge in [-0.3, -0.25) is 9.52 Å². The van der Waals surface area contributed by atoms with E-state index in [1.54, 1.807) is 30.3 Å². The number of fused-ring (bicyclic) bond motifs is 1. The lowest BCUT2D eigenvalue weighted by Crippen LogP contribution is -2.41. The van der Waals surface area contributed by atoms with Crippen molar-refractivity contribution < 1.29 is 13.2 Å². The number of carbonyl (C=O) groups is 1. The molecule has 0 unspecified atom stereocenters. The van der Waals surface area contributed by atoms with Crippen molar-refractivity contribution in [2.45, 2.75) is 43.4 Å². The zero-order valence-corrected chi connectivity index (χ0v) is 17.8. The fraction of sp³-hybridized carbons (Fsp3) is 0.409. The van der Waals surface area contributed by atoms with Crippen LogP contribution in [0.25, 0.3) is 0 Å². The molecule has 0 spiro atoms. The van der Waals surface area contributed by atoms with Crippen molar-refractivity contribution in [3.8, 4) is 0 Å². The molecule has 4 rings (SSSR count). The number of amides is 1. The van der Waals surface area contributed by atoms with Gasteiger partial charge in [-0.15, -0.1) is 0 Å². The Kier molecular flexibility index (Phi) is 5.83. The molecule has 2 aliphatic rings. The molecule has 7 heteroatoms. The van der Waals surface area contributed by atoms with Gasteiger partial charge in [-0.25, -0.2) is 8.42 Å². The average molecular weight is 433 g/mol. The summed E-state index contributed by atoms with van der Waals surface area (Å²) >= 11 is 5.84. The number of hydrogen-bond donors (Lipinski definition) is 1. The highest BCUT2D eigenvalue weighted by atomic mass is 35.5. The van der Waals surface area contributed by atoms with Crippen LogP contribution in [0.15, 0.2) is 47.4 Å². The van der Waals surface area contributed by atoms with E-state index < -0.39 is 10.0 Å². The number of sulfonamides is 1. The highest BCUT2D eigenvalue weighted by molar-refractivity contribution is 7.92. The molecule has 0 bridgehead atoms. The Labute approximate surface area is 177 Å². The van der Waals surface area contributed by atoms with Gasteiger partial charge in [0, 0.05) is 29.4 Å². The SMILES string of the molecule is O=C1c2ccc(NS(=O)(=O)c3ccc(Cl)cc3)cc2CCN1CC1CCCCC1. The van der Waals surface area contributed by atoms with E-state index in [2.05, 4.69) is 4.72 Å². The number of hydrogen-bond acceptors (Lipinski definition) is 3. The van der Waals surface area contributed by atoms with Crippen LogP contribution < -0.4 is 4.72 Å². The topological polar surface area (TPSA) is 66.5 Å². The molecule has 1 amide bonds. The molecule has 2 aromatic rings. The first-order valence-electron chi connectivity index (χ1n) is 10.1. The Morgan fingerprint density at radius 1 is 1.03 bits per heavy atom. The Morgan fingerprint density at radius 3 is 2.48 bits per heavy atom. The van der Waals surface area contributed by atoms with Crippen molar-refractivity contribution in [2.75, 3.05) is 17.8 Å². The molecule has 0 aromatic heterocycles. The third kappa shape index (κ3) is 4.59. The first-order valence-corrected chi connectivity index (χ1v) is 12.0. The summed E-state index contributed by atoms with van der Waals surface area (Å²) < 4.78 is 27.8. The lowest BCUT2D eigenvalue weighted by molar-refractivity contribution is 0.0697. The number of benzene rings is 2. The molecule has 29 heavy (non-hydrogen) atoms. The zero-order valence-electron chi connectivity index (χ0n) is 16.2. The molecule has 1 N–H and O–H groups in total. The van der Waals surface area contributed by atoms with Gasteiger partial charge < -0.3 is 4.90 Å². The van der Waals surface area contributed by atoms with E-state index in [1.165, 1.54) is 44.2 Å². The van der Waals surface area contributed by atoms with Crippen molar-refractivity contribution >= 4 is 33.2 Å². The fourth-order valence-electron chi connectivity index (χ4n) is 4.28. The molecule has 0 radical (unpaired) electrons. The minimum atomic E-state index is -3.70. The molecule has 5 nitrogen and oxygen atoms in total. The predicted octanol–water partition coefficient (Wildman–Crippen LogP) is 4.72. The second-order valence-electron chi connectivity index (χ2n) is 7.94. The van der Waals surface area contributed by atoms with Crippen LogP contribution in [0.1, 0.15) is 48.0 Å². The molecule has 0 atom stereocenters. The second-order valence-corrected chi connectivity index (χ2v) is 10.1.